The first kappa shape index (κ1) is 18.1. The zero-order chi connectivity index (χ0) is 18.8. The standard InChI is InChI=1S/C23H28N2O2/c1-16-13-22(27-3)20(19-11-12-24-23(16)19)15-25-14-18(26-2)9-10-21(25)17-7-5-4-6-8-17/h4-8,11-13,18,21,24H,9-10,14-15H2,1-3H3. The van der Waals surface area contributed by atoms with E-state index in [2.05, 4.69) is 59.3 Å². The second-order valence-corrected chi connectivity index (χ2v) is 7.43. The molecule has 4 nitrogen and oxygen atoms in total. The van der Waals surface area contributed by atoms with Crippen molar-refractivity contribution in [1.82, 2.24) is 9.88 Å². The Bertz CT molecular complexity index is 903. The van der Waals surface area contributed by atoms with E-state index in [1.807, 2.05) is 13.3 Å². The van der Waals surface area contributed by atoms with E-state index >= 15 is 0 Å². The quantitative estimate of drug-likeness (QED) is 0.704. The lowest BCUT2D eigenvalue weighted by molar-refractivity contribution is 0.000821. The van der Waals surface area contributed by atoms with Gasteiger partial charge in [0.25, 0.3) is 0 Å². The molecule has 3 aromatic rings. The topological polar surface area (TPSA) is 37.5 Å². The van der Waals surface area contributed by atoms with Gasteiger partial charge in [0.2, 0.25) is 0 Å². The number of ether oxygens (including phenoxy) is 2. The fraction of sp³-hybridized carbons (Fsp3) is 0.391. The molecule has 0 bridgehead atoms. The van der Waals surface area contributed by atoms with Crippen LogP contribution in [-0.2, 0) is 11.3 Å². The highest BCUT2D eigenvalue weighted by molar-refractivity contribution is 5.88. The molecule has 1 aliphatic rings. The third-order valence-corrected chi connectivity index (χ3v) is 5.85. The molecule has 1 aromatic heterocycles. The van der Waals surface area contributed by atoms with Crippen molar-refractivity contribution in [3.63, 3.8) is 0 Å². The van der Waals surface area contributed by atoms with Crippen molar-refractivity contribution in [3.8, 4) is 5.75 Å². The fourth-order valence-electron chi connectivity index (χ4n) is 4.41. The second-order valence-electron chi connectivity index (χ2n) is 7.43. The SMILES string of the molecule is COc1cc(C)c2[nH]ccc2c1CN1CC(OC)CCC1c1ccccc1. The highest BCUT2D eigenvalue weighted by Crippen LogP contribution is 2.37. The first-order valence-corrected chi connectivity index (χ1v) is 9.66. The summed E-state index contributed by atoms with van der Waals surface area (Å²) in [6, 6.07) is 15.5. The number of nitrogens with one attached hydrogen (secondary N) is 1. The van der Waals surface area contributed by atoms with Gasteiger partial charge in [-0.25, -0.2) is 0 Å². The van der Waals surface area contributed by atoms with Crippen molar-refractivity contribution in [1.29, 1.82) is 0 Å². The Balaban J connectivity index is 1.73. The third kappa shape index (κ3) is 3.47. The molecule has 2 aromatic carbocycles. The summed E-state index contributed by atoms with van der Waals surface area (Å²) in [5.74, 6) is 0.964. The molecular formula is C23H28N2O2. The van der Waals surface area contributed by atoms with Gasteiger partial charge in [-0.2, -0.15) is 0 Å². The van der Waals surface area contributed by atoms with Gasteiger partial charge >= 0.3 is 0 Å². The molecule has 4 rings (SSSR count). The zero-order valence-electron chi connectivity index (χ0n) is 16.4. The normalized spacial score (nSPS) is 20.9. The smallest absolute Gasteiger partial charge is 0.124 e. The van der Waals surface area contributed by atoms with Crippen LogP contribution in [0.25, 0.3) is 10.9 Å². The molecular weight excluding hydrogens is 336 g/mol. The van der Waals surface area contributed by atoms with Crippen molar-refractivity contribution in [2.24, 2.45) is 0 Å². The van der Waals surface area contributed by atoms with Crippen molar-refractivity contribution >= 4 is 10.9 Å². The Morgan fingerprint density at radius 1 is 1.11 bits per heavy atom. The number of rotatable bonds is 5. The molecule has 1 fully saturated rings. The lowest BCUT2D eigenvalue weighted by atomic mass is 9.92. The molecule has 27 heavy (non-hydrogen) atoms. The maximum absolute atomic E-state index is 5.77. The Hall–Kier alpha value is -2.30. The van der Waals surface area contributed by atoms with Crippen molar-refractivity contribution in [3.05, 3.63) is 65.4 Å². The molecule has 4 heteroatoms. The first-order chi connectivity index (χ1) is 13.2. The van der Waals surface area contributed by atoms with Crippen LogP contribution in [0, 0.1) is 6.92 Å². The van der Waals surface area contributed by atoms with Gasteiger partial charge in [0, 0.05) is 48.9 Å². The molecule has 142 valence electrons. The van der Waals surface area contributed by atoms with E-state index < -0.39 is 0 Å². The number of aromatic amines is 1. The molecule has 1 saturated heterocycles. The van der Waals surface area contributed by atoms with Crippen LogP contribution < -0.4 is 4.74 Å². The number of aryl methyl sites for hydroxylation is 1. The number of aromatic nitrogens is 1. The van der Waals surface area contributed by atoms with Crippen LogP contribution in [0.5, 0.6) is 5.75 Å². The average Bonchev–Trinajstić information content (AvgIpc) is 3.21. The zero-order valence-corrected chi connectivity index (χ0v) is 16.4. The van der Waals surface area contributed by atoms with Crippen LogP contribution in [-0.4, -0.2) is 36.8 Å². The minimum absolute atomic E-state index is 0.281. The fourth-order valence-corrected chi connectivity index (χ4v) is 4.41. The molecule has 0 spiro atoms. The number of benzene rings is 2. The predicted octanol–water partition coefficient (Wildman–Crippen LogP) is 4.84. The molecule has 1 N–H and O–H groups in total. The van der Waals surface area contributed by atoms with E-state index in [0.717, 1.165) is 31.7 Å². The highest BCUT2D eigenvalue weighted by atomic mass is 16.5. The number of piperidine rings is 1. The average molecular weight is 364 g/mol. The van der Waals surface area contributed by atoms with Gasteiger partial charge in [-0.3, -0.25) is 4.90 Å². The van der Waals surface area contributed by atoms with E-state index in [1.54, 1.807) is 7.11 Å². The first-order valence-electron chi connectivity index (χ1n) is 9.66. The van der Waals surface area contributed by atoms with Crippen molar-refractivity contribution < 1.29 is 9.47 Å². The van der Waals surface area contributed by atoms with Gasteiger partial charge < -0.3 is 14.5 Å². The largest absolute Gasteiger partial charge is 0.496 e. The number of fused-ring (bicyclic) bond motifs is 1. The van der Waals surface area contributed by atoms with Gasteiger partial charge in [-0.15, -0.1) is 0 Å². The van der Waals surface area contributed by atoms with Gasteiger partial charge in [0.15, 0.2) is 0 Å². The Morgan fingerprint density at radius 3 is 2.67 bits per heavy atom. The summed E-state index contributed by atoms with van der Waals surface area (Å²) < 4.78 is 11.5. The Labute approximate surface area is 161 Å². The summed E-state index contributed by atoms with van der Waals surface area (Å²) >= 11 is 0. The van der Waals surface area contributed by atoms with Gasteiger partial charge in [-0.1, -0.05) is 30.3 Å². The molecule has 2 heterocycles. The molecule has 1 aliphatic heterocycles. The predicted molar refractivity (Wildman–Crippen MR) is 109 cm³/mol. The summed E-state index contributed by atoms with van der Waals surface area (Å²) in [5.41, 5.74) is 5.03. The maximum atomic E-state index is 5.77. The number of H-pyrrole nitrogens is 1. The highest BCUT2D eigenvalue weighted by Gasteiger charge is 2.30. The van der Waals surface area contributed by atoms with Crippen molar-refractivity contribution in [2.45, 2.75) is 38.5 Å². The Morgan fingerprint density at radius 2 is 1.93 bits per heavy atom. The molecule has 0 saturated carbocycles. The van der Waals surface area contributed by atoms with Crippen LogP contribution >= 0.6 is 0 Å². The van der Waals surface area contributed by atoms with Gasteiger partial charge in [0.05, 0.1) is 13.2 Å². The third-order valence-electron chi connectivity index (χ3n) is 5.85. The second kappa shape index (κ2) is 7.75. The minimum Gasteiger partial charge on any atom is -0.496 e. The molecule has 0 amide bonds. The summed E-state index contributed by atoms with van der Waals surface area (Å²) in [4.78, 5) is 5.93. The lowest BCUT2D eigenvalue weighted by Crippen LogP contribution is -2.41. The Kier molecular flexibility index (Phi) is 5.19. The summed E-state index contributed by atoms with van der Waals surface area (Å²) in [6.45, 7) is 3.90. The number of hydrogen-bond acceptors (Lipinski definition) is 3. The molecule has 2 unspecified atom stereocenters. The van der Waals surface area contributed by atoms with Crippen molar-refractivity contribution in [2.75, 3.05) is 20.8 Å². The van der Waals surface area contributed by atoms with Crippen LogP contribution in [0.15, 0.2) is 48.7 Å². The van der Waals surface area contributed by atoms with Crippen LogP contribution in [0.1, 0.15) is 35.6 Å². The van der Waals surface area contributed by atoms with Gasteiger partial charge in [0.1, 0.15) is 5.75 Å². The number of nitrogens with zero attached hydrogens (tertiary/aromatic N) is 1. The minimum atomic E-state index is 0.281. The molecule has 2 atom stereocenters. The summed E-state index contributed by atoms with van der Waals surface area (Å²) in [5, 5.41) is 1.25. The van der Waals surface area contributed by atoms with Crippen LogP contribution in [0.2, 0.25) is 0 Å². The number of hydrogen-bond donors (Lipinski definition) is 1. The summed E-state index contributed by atoms with van der Waals surface area (Å²) in [7, 11) is 3.59. The van der Waals surface area contributed by atoms with Crippen LogP contribution in [0.4, 0.5) is 0 Å². The monoisotopic (exact) mass is 364 g/mol. The van der Waals surface area contributed by atoms with E-state index in [-0.39, 0.29) is 6.10 Å². The van der Waals surface area contributed by atoms with E-state index in [9.17, 15) is 0 Å². The van der Waals surface area contributed by atoms with Crippen LogP contribution in [0.3, 0.4) is 0 Å². The van der Waals surface area contributed by atoms with E-state index in [4.69, 9.17) is 9.47 Å². The maximum Gasteiger partial charge on any atom is 0.124 e. The molecule has 0 aliphatic carbocycles. The number of likely N-dealkylation sites (tertiary alicyclic amines) is 1. The lowest BCUT2D eigenvalue weighted by Gasteiger charge is -2.39. The van der Waals surface area contributed by atoms with E-state index in [1.165, 1.54) is 27.6 Å². The molecule has 0 radical (unpaired) electrons. The van der Waals surface area contributed by atoms with Gasteiger partial charge in [-0.05, 0) is 43.0 Å². The summed E-state index contributed by atoms with van der Waals surface area (Å²) in [6.07, 6.45) is 4.50. The van der Waals surface area contributed by atoms with E-state index in [0.29, 0.717) is 6.04 Å². The number of methoxy groups -OCH3 is 2.